The first-order chi connectivity index (χ1) is 1.41. The maximum atomic E-state index is 5.86. The molecule has 0 aromatic heterocycles. The van der Waals surface area contributed by atoms with E-state index in [1.165, 1.54) is 0 Å². The summed E-state index contributed by atoms with van der Waals surface area (Å²) in [5, 5.41) is 5.86. The molecule has 2 nitrogen and oxygen atoms in total. The van der Waals surface area contributed by atoms with E-state index in [0.29, 0.717) is 0 Å². The Morgan fingerprint density at radius 1 is 1.14 bits per heavy atom. The van der Waals surface area contributed by atoms with E-state index in [9.17, 15) is 0 Å². The molecular weight excluding hydrogens is 628 g/mol. The third-order valence-corrected chi connectivity index (χ3v) is 0. The minimum Gasteiger partial charge on any atom is -1.00 e. The van der Waals surface area contributed by atoms with Gasteiger partial charge < -0.3 is 77.7 Å². The molecule has 0 aliphatic carbocycles. The first-order valence-electron chi connectivity index (χ1n) is 0.622. The largest absolute Gasteiger partial charge is 3.00 e. The van der Waals surface area contributed by atoms with Gasteiger partial charge in [0, 0.05) is 0 Å². The zero-order valence-electron chi connectivity index (χ0n) is 3.29. The number of rotatable bonds is 0. The van der Waals surface area contributed by atoms with Gasteiger partial charge in [-0.15, -0.1) is 0 Å². The first kappa shape index (κ1) is 33.6. The summed E-state index contributed by atoms with van der Waals surface area (Å²) in [7, 11) is 0. The predicted molar refractivity (Wildman–Crippen MR) is 18.7 cm³/mol. The average Bonchev–Trinajstić information content (AvgIpc) is 0.918. The normalized spacial score (nSPS) is 1.71. The molecular formula is CH4I3N2Pb. The summed E-state index contributed by atoms with van der Waals surface area (Å²) in [4.78, 5) is 0. The van der Waals surface area contributed by atoms with Gasteiger partial charge in [-0.1, -0.05) is 0 Å². The van der Waals surface area contributed by atoms with Gasteiger partial charge in [-0.25, -0.2) is 0 Å². The van der Waals surface area contributed by atoms with Crippen molar-refractivity contribution in [1.82, 2.24) is 0 Å². The zero-order chi connectivity index (χ0) is 2.71. The standard InChI is InChI=1S/CH4N2.3HI.Pb/c2-1-3;;;;/h1H,(H3,2,3);3*1H;/q;;;;+3/p-3. The van der Waals surface area contributed by atoms with Crippen LogP contribution >= 0.6 is 0 Å². The molecule has 0 bridgehead atoms. The van der Waals surface area contributed by atoms with Crippen LogP contribution in [0.2, 0.25) is 0 Å². The summed E-state index contributed by atoms with van der Waals surface area (Å²) in [6, 6.07) is 0. The quantitative estimate of drug-likeness (QED) is 0.119. The number of nitrogens with two attached hydrogens (primary N) is 1. The molecule has 0 saturated carbocycles. The van der Waals surface area contributed by atoms with Crippen LogP contribution in [-0.4, -0.2) is 33.6 Å². The van der Waals surface area contributed by atoms with E-state index in [1.807, 2.05) is 0 Å². The molecule has 0 unspecified atom stereocenters. The number of halogens is 3. The molecule has 0 heterocycles. The van der Waals surface area contributed by atoms with E-state index in [0.717, 1.165) is 6.34 Å². The summed E-state index contributed by atoms with van der Waals surface area (Å²) in [5.41, 5.74) is 4.39. The fraction of sp³-hybridized carbons (Fsp3) is 0. The van der Waals surface area contributed by atoms with E-state index in [1.54, 1.807) is 0 Å². The topological polar surface area (TPSA) is 49.9 Å². The maximum absolute atomic E-state index is 5.86. The van der Waals surface area contributed by atoms with Crippen molar-refractivity contribution in [3.63, 3.8) is 0 Å². The van der Waals surface area contributed by atoms with E-state index in [2.05, 4.69) is 5.73 Å². The van der Waals surface area contributed by atoms with Crippen molar-refractivity contribution >= 4 is 33.6 Å². The van der Waals surface area contributed by atoms with Crippen LogP contribution in [0.4, 0.5) is 0 Å². The maximum Gasteiger partial charge on any atom is 3.00 e. The second-order valence-electron chi connectivity index (χ2n) is 0.167. The van der Waals surface area contributed by atoms with E-state index < -0.39 is 0 Å². The van der Waals surface area contributed by atoms with Crippen LogP contribution in [0.1, 0.15) is 0 Å². The molecule has 0 rings (SSSR count). The smallest absolute Gasteiger partial charge is 1.00 e. The van der Waals surface area contributed by atoms with Crippen molar-refractivity contribution in [2.75, 3.05) is 0 Å². The molecule has 0 aliphatic rings. The summed E-state index contributed by atoms with van der Waals surface area (Å²) >= 11 is 0. The van der Waals surface area contributed by atoms with Crippen molar-refractivity contribution < 1.29 is 71.9 Å². The van der Waals surface area contributed by atoms with E-state index in [-0.39, 0.29) is 99.2 Å². The van der Waals surface area contributed by atoms with Crippen molar-refractivity contribution in [1.29, 1.82) is 5.41 Å². The molecule has 0 fully saturated rings. The third kappa shape index (κ3) is 55.8. The van der Waals surface area contributed by atoms with Crippen molar-refractivity contribution in [2.24, 2.45) is 5.73 Å². The average molecular weight is 632 g/mol. The minimum atomic E-state index is 0. The Bertz CT molecular complexity index is 20.4. The summed E-state index contributed by atoms with van der Waals surface area (Å²) < 4.78 is 0. The molecule has 0 aromatic rings. The molecule has 3 N–H and O–H groups in total. The summed E-state index contributed by atoms with van der Waals surface area (Å²) in [6.07, 6.45) is 0.750. The van der Waals surface area contributed by atoms with Gasteiger partial charge in [0.2, 0.25) is 0 Å². The SMILES string of the molecule is N=CN.[I-].[I-].[I-].[Pb+3]. The first-order valence-corrected chi connectivity index (χ1v) is 0.622. The fourth-order valence-corrected chi connectivity index (χ4v) is 0. The Balaban J connectivity index is -0.00000000333. The van der Waals surface area contributed by atoms with Gasteiger partial charge in [0.15, 0.2) is 0 Å². The van der Waals surface area contributed by atoms with Gasteiger partial charge in [-0.3, -0.25) is 5.41 Å². The monoisotopic (exact) mass is 633 g/mol. The third-order valence-electron chi connectivity index (χ3n) is 0. The molecule has 0 amide bonds. The molecule has 43 valence electrons. The van der Waals surface area contributed by atoms with Crippen LogP contribution in [0.15, 0.2) is 0 Å². The van der Waals surface area contributed by atoms with Crippen molar-refractivity contribution in [3.8, 4) is 0 Å². The van der Waals surface area contributed by atoms with Crippen LogP contribution in [-0.2, 0) is 0 Å². The summed E-state index contributed by atoms with van der Waals surface area (Å²) in [6.45, 7) is 0. The molecule has 0 aliphatic heterocycles. The van der Waals surface area contributed by atoms with Crippen LogP contribution in [0.5, 0.6) is 0 Å². The molecule has 7 heavy (non-hydrogen) atoms. The van der Waals surface area contributed by atoms with Gasteiger partial charge in [-0.05, 0) is 0 Å². The van der Waals surface area contributed by atoms with Gasteiger partial charge in [0.25, 0.3) is 0 Å². The minimum absolute atomic E-state index is 0. The van der Waals surface area contributed by atoms with Gasteiger partial charge in [0.1, 0.15) is 0 Å². The van der Waals surface area contributed by atoms with Gasteiger partial charge in [-0.2, -0.15) is 0 Å². The van der Waals surface area contributed by atoms with Crippen molar-refractivity contribution in [3.05, 3.63) is 0 Å². The second kappa shape index (κ2) is 38.5. The molecule has 0 saturated heterocycles. The van der Waals surface area contributed by atoms with Gasteiger partial charge in [0.05, 0.1) is 6.34 Å². The Labute approximate surface area is 114 Å². The fourth-order valence-electron chi connectivity index (χ4n) is 0. The Morgan fingerprint density at radius 2 is 1.14 bits per heavy atom. The van der Waals surface area contributed by atoms with Crippen LogP contribution in [0, 0.1) is 5.41 Å². The number of hydrogen-bond donors (Lipinski definition) is 2. The summed E-state index contributed by atoms with van der Waals surface area (Å²) in [5.74, 6) is 0. The van der Waals surface area contributed by atoms with Gasteiger partial charge >= 0.3 is 27.3 Å². The molecule has 0 aromatic carbocycles. The van der Waals surface area contributed by atoms with Crippen LogP contribution in [0.25, 0.3) is 0 Å². The van der Waals surface area contributed by atoms with Crippen molar-refractivity contribution in [2.45, 2.75) is 0 Å². The molecule has 1 radical (unpaired) electrons. The second-order valence-corrected chi connectivity index (χ2v) is 0.167. The Hall–Kier alpha value is 2.58. The number of hydrogen-bond acceptors (Lipinski definition) is 1. The van der Waals surface area contributed by atoms with Crippen LogP contribution in [0.3, 0.4) is 0 Å². The van der Waals surface area contributed by atoms with Crippen LogP contribution < -0.4 is 77.7 Å². The van der Waals surface area contributed by atoms with E-state index in [4.69, 9.17) is 5.41 Å². The zero-order valence-corrected chi connectivity index (χ0v) is 13.6. The Kier molecular flexibility index (Phi) is 185. The molecule has 6 heteroatoms. The molecule has 0 atom stereocenters. The van der Waals surface area contributed by atoms with E-state index >= 15 is 0 Å². The number of nitrogens with one attached hydrogen (secondary N) is 1. The predicted octanol–water partition coefficient (Wildman–Crippen LogP) is -9.82. The molecule has 0 spiro atoms. The Morgan fingerprint density at radius 3 is 1.14 bits per heavy atom.